The molecule has 1 saturated heterocycles. The molecular formula is C23H26N2O3S. The van der Waals surface area contributed by atoms with Crippen molar-refractivity contribution < 1.29 is 9.90 Å². The molecule has 0 amide bonds. The lowest BCUT2D eigenvalue weighted by molar-refractivity contribution is 0.0695. The quantitative estimate of drug-likeness (QED) is 0.668. The molecular weight excluding hydrogens is 384 g/mol. The molecule has 1 unspecified atom stereocenters. The molecule has 152 valence electrons. The number of anilines is 1. The third-order valence-electron chi connectivity index (χ3n) is 5.20. The third-order valence-corrected chi connectivity index (χ3v) is 6.18. The molecule has 0 spiro atoms. The molecule has 1 aliphatic heterocycles. The Hall–Kier alpha value is -2.73. The first-order valence-electron chi connectivity index (χ1n) is 9.79. The first-order chi connectivity index (χ1) is 14.0. The van der Waals surface area contributed by atoms with Gasteiger partial charge in [0.15, 0.2) is 0 Å². The van der Waals surface area contributed by atoms with Crippen LogP contribution in [-0.4, -0.2) is 28.6 Å². The predicted octanol–water partition coefficient (Wildman–Crippen LogP) is 5.05. The Morgan fingerprint density at radius 3 is 2.72 bits per heavy atom. The van der Waals surface area contributed by atoms with E-state index in [2.05, 4.69) is 34.0 Å². The molecule has 5 nitrogen and oxygen atoms in total. The fraction of sp³-hybridized carbons (Fsp3) is 0.304. The number of aryl methyl sites for hydroxylation is 1. The largest absolute Gasteiger partial charge is 0.477 e. The number of allylic oxidation sites excluding steroid dienone is 1. The first-order valence-corrected chi connectivity index (χ1v) is 10.7. The highest BCUT2D eigenvalue weighted by molar-refractivity contribution is 8.05. The number of nitrogens with one attached hydrogen (secondary N) is 1. The monoisotopic (exact) mass is 410 g/mol. The number of benzene rings is 1. The number of hydrogen-bond acceptors (Lipinski definition) is 4. The van der Waals surface area contributed by atoms with Gasteiger partial charge in [0, 0.05) is 17.1 Å². The number of aromatic nitrogens is 1. The van der Waals surface area contributed by atoms with Crippen LogP contribution in [-0.2, 0) is 6.42 Å². The van der Waals surface area contributed by atoms with Gasteiger partial charge in [-0.1, -0.05) is 31.7 Å². The molecule has 3 rings (SSSR count). The number of rotatable bonds is 7. The summed E-state index contributed by atoms with van der Waals surface area (Å²) in [5.41, 5.74) is 2.69. The molecule has 1 atom stereocenters. The average Bonchev–Trinajstić information content (AvgIpc) is 3.21. The fourth-order valence-electron chi connectivity index (χ4n) is 3.73. The fourth-order valence-corrected chi connectivity index (χ4v) is 4.45. The summed E-state index contributed by atoms with van der Waals surface area (Å²) in [6.45, 7) is 9.19. The second kappa shape index (κ2) is 9.18. The number of thioether (sulfide) groups is 1. The van der Waals surface area contributed by atoms with Gasteiger partial charge in [0.25, 0.3) is 5.56 Å². The second-order valence-corrected chi connectivity index (χ2v) is 8.06. The van der Waals surface area contributed by atoms with Crippen LogP contribution >= 0.6 is 11.8 Å². The van der Waals surface area contributed by atoms with Crippen LogP contribution in [0.1, 0.15) is 42.6 Å². The molecule has 0 saturated carbocycles. The zero-order valence-electron chi connectivity index (χ0n) is 16.8. The van der Waals surface area contributed by atoms with E-state index in [1.807, 2.05) is 32.1 Å². The zero-order valence-corrected chi connectivity index (χ0v) is 17.6. The summed E-state index contributed by atoms with van der Waals surface area (Å²) in [5, 5.41) is 11.3. The van der Waals surface area contributed by atoms with Gasteiger partial charge in [-0.2, -0.15) is 0 Å². The summed E-state index contributed by atoms with van der Waals surface area (Å²) < 4.78 is 0. The summed E-state index contributed by atoms with van der Waals surface area (Å²) in [6, 6.07) is 9.87. The molecule has 6 heteroatoms. The zero-order chi connectivity index (χ0) is 21.0. The van der Waals surface area contributed by atoms with Gasteiger partial charge < -0.3 is 15.0 Å². The topological polar surface area (TPSA) is 73.4 Å². The lowest BCUT2D eigenvalue weighted by atomic mass is 10.0. The summed E-state index contributed by atoms with van der Waals surface area (Å²) in [7, 11) is 0. The van der Waals surface area contributed by atoms with Crippen molar-refractivity contribution in [1.82, 2.24) is 4.98 Å². The van der Waals surface area contributed by atoms with E-state index in [-0.39, 0.29) is 5.56 Å². The highest BCUT2D eigenvalue weighted by Crippen LogP contribution is 2.35. The number of carboxylic acid groups (broad SMARTS) is 1. The predicted molar refractivity (Wildman–Crippen MR) is 121 cm³/mol. The van der Waals surface area contributed by atoms with Crippen LogP contribution < -0.4 is 10.5 Å². The molecule has 1 aliphatic rings. The Morgan fingerprint density at radius 1 is 1.38 bits per heavy atom. The van der Waals surface area contributed by atoms with Gasteiger partial charge in [-0.25, -0.2) is 4.79 Å². The number of carbonyl (C=O) groups is 1. The van der Waals surface area contributed by atoms with Gasteiger partial charge in [0.1, 0.15) is 5.56 Å². The van der Waals surface area contributed by atoms with E-state index in [9.17, 15) is 14.7 Å². The Labute approximate surface area is 175 Å². The average molecular weight is 411 g/mol. The van der Waals surface area contributed by atoms with Crippen molar-refractivity contribution in [2.24, 2.45) is 0 Å². The van der Waals surface area contributed by atoms with Gasteiger partial charge in [0.2, 0.25) is 0 Å². The second-order valence-electron chi connectivity index (χ2n) is 7.02. The summed E-state index contributed by atoms with van der Waals surface area (Å²) in [5.74, 6) is -1.21. The minimum Gasteiger partial charge on any atom is -0.477 e. The van der Waals surface area contributed by atoms with Crippen LogP contribution in [0.4, 0.5) is 5.69 Å². The first kappa shape index (κ1) is 21.0. The number of nitrogens with zero attached hydrogens (tertiary/aromatic N) is 1. The highest BCUT2D eigenvalue weighted by Gasteiger charge is 2.27. The minimum absolute atomic E-state index is 0.223. The Balaban J connectivity index is 1.89. The molecule has 29 heavy (non-hydrogen) atoms. The van der Waals surface area contributed by atoms with Crippen molar-refractivity contribution in [1.29, 1.82) is 0 Å². The van der Waals surface area contributed by atoms with Crippen molar-refractivity contribution >= 4 is 23.4 Å². The maximum atomic E-state index is 12.1. The number of aromatic amines is 1. The standard InChI is InChI=1S/C23H26N2O3S/c1-4-13-29-15(3)20-7-6-12-25(20)18-10-8-17(9-11-18)21-16(5-2)14-19(23(27)28)22(26)24-21/h4,8-11,13-14,20H,3,5-7,12H2,1-2H3,(H,24,26)(H,27,28)/b13-4-. The molecule has 0 bridgehead atoms. The van der Waals surface area contributed by atoms with Gasteiger partial charge in [-0.3, -0.25) is 4.79 Å². The van der Waals surface area contributed by atoms with E-state index in [0.717, 1.165) is 41.1 Å². The minimum atomic E-state index is -1.21. The van der Waals surface area contributed by atoms with Crippen molar-refractivity contribution in [3.05, 3.63) is 74.8 Å². The lowest BCUT2D eigenvalue weighted by Crippen LogP contribution is -2.29. The highest BCUT2D eigenvalue weighted by atomic mass is 32.2. The molecule has 1 aromatic carbocycles. The maximum Gasteiger partial charge on any atom is 0.341 e. The van der Waals surface area contributed by atoms with E-state index >= 15 is 0 Å². The van der Waals surface area contributed by atoms with Gasteiger partial charge >= 0.3 is 5.97 Å². The van der Waals surface area contributed by atoms with E-state index in [1.165, 1.54) is 6.07 Å². The van der Waals surface area contributed by atoms with E-state index < -0.39 is 11.5 Å². The van der Waals surface area contributed by atoms with Crippen LogP contribution in [0.2, 0.25) is 0 Å². The molecule has 0 aliphatic carbocycles. The van der Waals surface area contributed by atoms with Crippen molar-refractivity contribution in [2.45, 2.75) is 39.2 Å². The molecule has 0 radical (unpaired) electrons. The Bertz CT molecular complexity index is 992. The number of carboxylic acids is 1. The molecule has 2 N–H and O–H groups in total. The number of hydrogen-bond donors (Lipinski definition) is 2. The molecule has 1 fully saturated rings. The third kappa shape index (κ3) is 4.48. The SMILES string of the molecule is C=C(S/C=C\C)C1CCCN1c1ccc(-c2[nH]c(=O)c(C(=O)O)cc2CC)cc1. The summed E-state index contributed by atoms with van der Waals surface area (Å²) in [4.78, 5) is 29.7. The van der Waals surface area contributed by atoms with Crippen LogP contribution in [0.5, 0.6) is 0 Å². The van der Waals surface area contributed by atoms with Crippen molar-refractivity contribution in [2.75, 3.05) is 11.4 Å². The van der Waals surface area contributed by atoms with Crippen LogP contribution in [0.3, 0.4) is 0 Å². The molecule has 1 aromatic heterocycles. The van der Waals surface area contributed by atoms with Crippen molar-refractivity contribution in [3.8, 4) is 11.3 Å². The van der Waals surface area contributed by atoms with E-state index in [1.54, 1.807) is 11.8 Å². The van der Waals surface area contributed by atoms with Gasteiger partial charge in [0.05, 0.1) is 11.7 Å². The van der Waals surface area contributed by atoms with Crippen LogP contribution in [0.25, 0.3) is 11.3 Å². The van der Waals surface area contributed by atoms with Crippen molar-refractivity contribution in [3.63, 3.8) is 0 Å². The number of H-pyrrole nitrogens is 1. The summed E-state index contributed by atoms with van der Waals surface area (Å²) >= 11 is 1.68. The number of aromatic carboxylic acids is 1. The maximum absolute atomic E-state index is 12.1. The van der Waals surface area contributed by atoms with E-state index in [4.69, 9.17) is 0 Å². The van der Waals surface area contributed by atoms with E-state index in [0.29, 0.717) is 18.2 Å². The van der Waals surface area contributed by atoms with Crippen LogP contribution in [0.15, 0.2) is 58.1 Å². The smallest absolute Gasteiger partial charge is 0.341 e. The Morgan fingerprint density at radius 2 is 2.10 bits per heavy atom. The molecule has 2 heterocycles. The number of pyridine rings is 1. The van der Waals surface area contributed by atoms with Gasteiger partial charge in [-0.05, 0) is 60.9 Å². The normalized spacial score (nSPS) is 16.5. The summed E-state index contributed by atoms with van der Waals surface area (Å²) in [6.07, 6.45) is 4.87. The lowest BCUT2D eigenvalue weighted by Gasteiger charge is -2.28. The van der Waals surface area contributed by atoms with Crippen LogP contribution in [0, 0.1) is 0 Å². The Kier molecular flexibility index (Phi) is 6.64. The molecule has 2 aromatic rings. The van der Waals surface area contributed by atoms with Gasteiger partial charge in [-0.15, -0.1) is 11.8 Å².